The molecule has 0 spiro atoms. The predicted molar refractivity (Wildman–Crippen MR) is 117 cm³/mol. The third kappa shape index (κ3) is 17.6. The first-order valence-electron chi connectivity index (χ1n) is 11.6. The van der Waals surface area contributed by atoms with Crippen LogP contribution in [0.15, 0.2) is 0 Å². The molecule has 1 fully saturated rings. The molecule has 8 heteroatoms. The fourth-order valence-electron chi connectivity index (χ4n) is 2.77. The quantitative estimate of drug-likeness (QED) is 0.267. The molecule has 1 saturated heterocycles. The smallest absolute Gasteiger partial charge is 0.325 e. The summed E-state index contributed by atoms with van der Waals surface area (Å²) in [5, 5.41) is 19.4. The standard InChI is InChI=1S/C13H27NO4.C9H17NO2/c1-2-3-4-6-13(17)18-12-5-7-14(8-10-15)9-11-16;1-2-3-4-6-9(11)12-10-7-5-8-10/h15-16H,2-12H2,1H3;2-8H2,1H3. The molecule has 0 atom stereocenters. The van der Waals surface area contributed by atoms with Gasteiger partial charge in [0.25, 0.3) is 0 Å². The van der Waals surface area contributed by atoms with E-state index in [1.54, 1.807) is 5.06 Å². The number of carbonyl (C=O) groups is 2. The Bertz CT molecular complexity index is 412. The van der Waals surface area contributed by atoms with Crippen molar-refractivity contribution >= 4 is 11.9 Å². The maximum atomic E-state index is 11.3. The second-order valence-corrected chi connectivity index (χ2v) is 7.52. The second-order valence-electron chi connectivity index (χ2n) is 7.52. The lowest BCUT2D eigenvalue weighted by atomic mass is 10.2. The van der Waals surface area contributed by atoms with Gasteiger partial charge in [-0.15, -0.1) is 5.06 Å². The Morgan fingerprint density at radius 1 is 0.833 bits per heavy atom. The van der Waals surface area contributed by atoms with Crippen LogP contribution in [0.25, 0.3) is 0 Å². The normalized spacial score (nSPS) is 13.4. The molecule has 2 N–H and O–H groups in total. The average Bonchev–Trinajstić information content (AvgIpc) is 2.69. The Labute approximate surface area is 182 Å². The van der Waals surface area contributed by atoms with Crippen LogP contribution < -0.4 is 0 Å². The number of rotatable bonds is 17. The molecule has 1 aliphatic heterocycles. The summed E-state index contributed by atoms with van der Waals surface area (Å²) in [5.74, 6) is -0.192. The van der Waals surface area contributed by atoms with E-state index >= 15 is 0 Å². The summed E-state index contributed by atoms with van der Waals surface area (Å²) in [6.07, 6.45) is 9.27. The summed E-state index contributed by atoms with van der Waals surface area (Å²) >= 11 is 0. The fraction of sp³-hybridized carbons (Fsp3) is 0.909. The minimum Gasteiger partial charge on any atom is -0.466 e. The van der Waals surface area contributed by atoms with Gasteiger partial charge in [0, 0.05) is 45.6 Å². The van der Waals surface area contributed by atoms with Gasteiger partial charge in [-0.3, -0.25) is 14.5 Å². The van der Waals surface area contributed by atoms with Crippen molar-refractivity contribution in [3.8, 4) is 0 Å². The summed E-state index contributed by atoms with van der Waals surface area (Å²) < 4.78 is 5.10. The second kappa shape index (κ2) is 21.0. The SMILES string of the molecule is CCCCCC(=O)OCCCN(CCO)CCO.CCCCCC(=O)ON1CCC1. The van der Waals surface area contributed by atoms with Gasteiger partial charge in [-0.2, -0.15) is 0 Å². The first kappa shape index (κ1) is 28.8. The molecule has 0 aromatic carbocycles. The van der Waals surface area contributed by atoms with Crippen molar-refractivity contribution < 1.29 is 29.4 Å². The predicted octanol–water partition coefficient (Wildman–Crippen LogP) is 2.52. The van der Waals surface area contributed by atoms with Crippen molar-refractivity contribution in [1.82, 2.24) is 9.96 Å². The molecule has 1 rings (SSSR count). The maximum Gasteiger partial charge on any atom is 0.325 e. The van der Waals surface area contributed by atoms with Gasteiger partial charge in [-0.05, 0) is 25.7 Å². The molecule has 178 valence electrons. The third-order valence-corrected chi connectivity index (χ3v) is 4.73. The molecule has 0 bridgehead atoms. The monoisotopic (exact) mass is 432 g/mol. The first-order valence-corrected chi connectivity index (χ1v) is 11.6. The highest BCUT2D eigenvalue weighted by Gasteiger charge is 2.17. The van der Waals surface area contributed by atoms with Gasteiger partial charge in [0.05, 0.1) is 19.8 Å². The van der Waals surface area contributed by atoms with E-state index in [1.807, 2.05) is 4.90 Å². The van der Waals surface area contributed by atoms with Crippen molar-refractivity contribution in [2.75, 3.05) is 52.5 Å². The van der Waals surface area contributed by atoms with Crippen molar-refractivity contribution in [1.29, 1.82) is 0 Å². The zero-order valence-corrected chi connectivity index (χ0v) is 19.1. The minimum absolute atomic E-state index is 0.0665. The highest BCUT2D eigenvalue weighted by molar-refractivity contribution is 5.69. The number of ether oxygens (including phenoxy) is 1. The minimum atomic E-state index is -0.126. The summed E-state index contributed by atoms with van der Waals surface area (Å²) in [6, 6.07) is 0. The van der Waals surface area contributed by atoms with Gasteiger partial charge in [0.1, 0.15) is 0 Å². The van der Waals surface area contributed by atoms with Gasteiger partial charge in [-0.25, -0.2) is 0 Å². The van der Waals surface area contributed by atoms with Gasteiger partial charge < -0.3 is 19.8 Å². The van der Waals surface area contributed by atoms with Crippen LogP contribution in [0.1, 0.15) is 78.1 Å². The van der Waals surface area contributed by atoms with Crippen LogP contribution in [-0.2, 0) is 19.2 Å². The van der Waals surface area contributed by atoms with Crippen LogP contribution in [0.4, 0.5) is 0 Å². The van der Waals surface area contributed by atoms with E-state index < -0.39 is 0 Å². The zero-order chi connectivity index (χ0) is 22.5. The fourth-order valence-corrected chi connectivity index (χ4v) is 2.77. The van der Waals surface area contributed by atoms with Crippen molar-refractivity contribution in [3.63, 3.8) is 0 Å². The molecular weight excluding hydrogens is 388 g/mol. The van der Waals surface area contributed by atoms with E-state index in [4.69, 9.17) is 19.8 Å². The number of aliphatic hydroxyl groups is 2. The Morgan fingerprint density at radius 2 is 1.40 bits per heavy atom. The van der Waals surface area contributed by atoms with Crippen molar-refractivity contribution in [2.45, 2.75) is 78.1 Å². The highest BCUT2D eigenvalue weighted by atomic mass is 16.7. The van der Waals surface area contributed by atoms with E-state index in [0.717, 1.165) is 71.0 Å². The van der Waals surface area contributed by atoms with Crippen molar-refractivity contribution in [3.05, 3.63) is 0 Å². The van der Waals surface area contributed by atoms with Crippen LogP contribution in [0.2, 0.25) is 0 Å². The van der Waals surface area contributed by atoms with E-state index in [-0.39, 0.29) is 25.2 Å². The molecule has 0 saturated carbocycles. The lowest BCUT2D eigenvalue weighted by molar-refractivity contribution is -0.207. The summed E-state index contributed by atoms with van der Waals surface area (Å²) in [4.78, 5) is 29.3. The molecule has 0 unspecified atom stereocenters. The Morgan fingerprint density at radius 3 is 1.87 bits per heavy atom. The maximum absolute atomic E-state index is 11.3. The largest absolute Gasteiger partial charge is 0.466 e. The molecule has 0 aromatic heterocycles. The highest BCUT2D eigenvalue weighted by Crippen LogP contribution is 2.08. The molecular formula is C22H44N2O6. The van der Waals surface area contributed by atoms with Crippen LogP contribution >= 0.6 is 0 Å². The topological polar surface area (TPSA) is 99.5 Å². The molecule has 0 aliphatic carbocycles. The molecule has 30 heavy (non-hydrogen) atoms. The van der Waals surface area contributed by atoms with Gasteiger partial charge in [0.2, 0.25) is 0 Å². The van der Waals surface area contributed by atoms with Crippen LogP contribution in [0, 0.1) is 0 Å². The van der Waals surface area contributed by atoms with E-state index in [0.29, 0.717) is 32.5 Å². The van der Waals surface area contributed by atoms with Crippen LogP contribution in [-0.4, -0.2) is 84.7 Å². The third-order valence-electron chi connectivity index (χ3n) is 4.73. The number of hydrogen-bond donors (Lipinski definition) is 2. The molecule has 1 heterocycles. The van der Waals surface area contributed by atoms with Gasteiger partial charge in [0.15, 0.2) is 0 Å². The first-order chi connectivity index (χ1) is 14.6. The lowest BCUT2D eigenvalue weighted by Crippen LogP contribution is -2.38. The zero-order valence-electron chi connectivity index (χ0n) is 19.1. The van der Waals surface area contributed by atoms with E-state index in [2.05, 4.69) is 13.8 Å². The number of hydroxylamine groups is 2. The molecule has 0 amide bonds. The summed E-state index contributed by atoms with van der Waals surface area (Å²) in [7, 11) is 0. The number of unbranched alkanes of at least 4 members (excludes halogenated alkanes) is 4. The Hall–Kier alpha value is -1.22. The van der Waals surface area contributed by atoms with E-state index in [1.165, 1.54) is 0 Å². The van der Waals surface area contributed by atoms with E-state index in [9.17, 15) is 9.59 Å². The number of aliphatic hydroxyl groups excluding tert-OH is 2. The van der Waals surface area contributed by atoms with Crippen LogP contribution in [0.3, 0.4) is 0 Å². The molecule has 0 aromatic rings. The number of nitrogens with zero attached hydrogens (tertiary/aromatic N) is 2. The van der Waals surface area contributed by atoms with Crippen molar-refractivity contribution in [2.24, 2.45) is 0 Å². The van der Waals surface area contributed by atoms with Gasteiger partial charge >= 0.3 is 11.9 Å². The Kier molecular flexibility index (Phi) is 20.2. The average molecular weight is 433 g/mol. The lowest BCUT2D eigenvalue weighted by Gasteiger charge is -2.28. The summed E-state index contributed by atoms with van der Waals surface area (Å²) in [6.45, 7) is 8.45. The molecule has 0 radical (unpaired) electrons. The van der Waals surface area contributed by atoms with Crippen LogP contribution in [0.5, 0.6) is 0 Å². The number of hydrogen-bond acceptors (Lipinski definition) is 8. The molecule has 8 nitrogen and oxygen atoms in total. The number of esters is 1. The molecule has 1 aliphatic rings. The Balaban J connectivity index is 0.000000604. The number of carbonyl (C=O) groups excluding carboxylic acids is 2. The summed E-state index contributed by atoms with van der Waals surface area (Å²) in [5.41, 5.74) is 0. The van der Waals surface area contributed by atoms with Gasteiger partial charge in [-0.1, -0.05) is 39.5 Å².